The van der Waals surface area contributed by atoms with Gasteiger partial charge in [0, 0.05) is 43.6 Å². The highest BCUT2D eigenvalue weighted by Gasteiger charge is 2.24. The van der Waals surface area contributed by atoms with Crippen LogP contribution in [0.15, 0.2) is 231 Å². The van der Waals surface area contributed by atoms with Crippen LogP contribution < -0.4 is 0 Å². The lowest BCUT2D eigenvalue weighted by atomic mass is 10.0. The first-order valence-corrected chi connectivity index (χ1v) is 21.5. The summed E-state index contributed by atoms with van der Waals surface area (Å²) < 4.78 is 7.36. The summed E-state index contributed by atoms with van der Waals surface area (Å²) in [5.74, 6) is 0.856. The average Bonchev–Trinajstić information content (AvgIpc) is 4.00. The molecule has 0 fully saturated rings. The van der Waals surface area contributed by atoms with Gasteiger partial charge in [-0.05, 0) is 82.9 Å². The van der Waals surface area contributed by atoms with E-state index in [1.165, 1.54) is 43.7 Å². The van der Waals surface area contributed by atoms with Gasteiger partial charge in [0.05, 0.1) is 44.5 Å². The molecule has 4 aromatic heterocycles. The van der Waals surface area contributed by atoms with E-state index in [4.69, 9.17) is 4.98 Å². The molecular formula is C59H38N4. The molecular weight excluding hydrogens is 765 g/mol. The van der Waals surface area contributed by atoms with Crippen LogP contribution >= 0.6 is 0 Å². The van der Waals surface area contributed by atoms with Crippen LogP contribution in [0.25, 0.3) is 116 Å². The lowest BCUT2D eigenvalue weighted by molar-refractivity contribution is 1.06. The fraction of sp³-hybridized carbons (Fsp3) is 0. The van der Waals surface area contributed by atoms with E-state index in [1.54, 1.807) is 0 Å². The molecule has 9 aromatic carbocycles. The van der Waals surface area contributed by atoms with Crippen LogP contribution in [-0.4, -0.2) is 18.7 Å². The predicted molar refractivity (Wildman–Crippen MR) is 264 cm³/mol. The summed E-state index contributed by atoms with van der Waals surface area (Å²) in [6, 6.07) is 83.4. The van der Waals surface area contributed by atoms with Crippen molar-refractivity contribution in [1.82, 2.24) is 18.7 Å². The summed E-state index contributed by atoms with van der Waals surface area (Å²) >= 11 is 0. The number of rotatable bonds is 6. The Labute approximate surface area is 363 Å². The van der Waals surface area contributed by atoms with Crippen LogP contribution in [-0.2, 0) is 0 Å². The van der Waals surface area contributed by atoms with Gasteiger partial charge in [-0.1, -0.05) is 170 Å². The standard InChI is InChI=1S/C59H38N4/c1-4-18-39(19-5-1)42-32-33-56-49(34-42)50-37-44(61-52-28-14-10-24-45(52)46-25-11-15-29-53(46)61)38-57(62-54-30-16-12-26-47(54)48-27-13-17-31-55(48)62)59(50)63(56)58-36-43(40-20-6-2-7-21-40)35-51(60-58)41-22-8-3-9-23-41/h1-38H. The summed E-state index contributed by atoms with van der Waals surface area (Å²) in [7, 11) is 0. The van der Waals surface area contributed by atoms with Crippen molar-refractivity contribution in [3.63, 3.8) is 0 Å². The Hall–Kier alpha value is -8.47. The molecule has 0 amide bonds. The molecule has 4 nitrogen and oxygen atoms in total. The van der Waals surface area contributed by atoms with Crippen molar-refractivity contribution in [3.8, 4) is 50.7 Å². The van der Waals surface area contributed by atoms with E-state index in [1.807, 2.05) is 0 Å². The fourth-order valence-electron chi connectivity index (χ4n) is 10.0. The molecule has 0 radical (unpaired) electrons. The summed E-state index contributed by atoms with van der Waals surface area (Å²) in [5.41, 5.74) is 15.6. The predicted octanol–water partition coefficient (Wildman–Crippen LogP) is 15.4. The molecule has 0 saturated carbocycles. The molecule has 294 valence electrons. The highest BCUT2D eigenvalue weighted by Crippen LogP contribution is 2.44. The van der Waals surface area contributed by atoms with Gasteiger partial charge in [-0.25, -0.2) is 4.98 Å². The van der Waals surface area contributed by atoms with Crippen LogP contribution in [0.3, 0.4) is 0 Å². The monoisotopic (exact) mass is 802 g/mol. The molecule has 0 bridgehead atoms. The van der Waals surface area contributed by atoms with Crippen molar-refractivity contribution >= 4 is 65.4 Å². The minimum absolute atomic E-state index is 0.856. The van der Waals surface area contributed by atoms with Crippen LogP contribution in [0.1, 0.15) is 0 Å². The van der Waals surface area contributed by atoms with E-state index < -0.39 is 0 Å². The number of nitrogens with zero attached hydrogens (tertiary/aromatic N) is 4. The van der Waals surface area contributed by atoms with Gasteiger partial charge in [-0.15, -0.1) is 0 Å². The molecule has 0 saturated heterocycles. The quantitative estimate of drug-likeness (QED) is 0.165. The number of benzene rings is 9. The van der Waals surface area contributed by atoms with Gasteiger partial charge in [0.25, 0.3) is 0 Å². The van der Waals surface area contributed by atoms with Crippen molar-refractivity contribution in [2.24, 2.45) is 0 Å². The number of para-hydroxylation sites is 4. The molecule has 63 heavy (non-hydrogen) atoms. The minimum atomic E-state index is 0.856. The lowest BCUT2D eigenvalue weighted by Gasteiger charge is -2.18. The Kier molecular flexibility index (Phi) is 7.87. The molecule has 0 aliphatic heterocycles. The minimum Gasteiger partial charge on any atom is -0.309 e. The van der Waals surface area contributed by atoms with Gasteiger partial charge < -0.3 is 9.13 Å². The van der Waals surface area contributed by atoms with Crippen molar-refractivity contribution < 1.29 is 0 Å². The first-order chi connectivity index (χ1) is 31.3. The van der Waals surface area contributed by atoms with E-state index in [0.717, 1.165) is 72.4 Å². The molecule has 0 spiro atoms. The highest BCUT2D eigenvalue weighted by atomic mass is 15.1. The number of fused-ring (bicyclic) bond motifs is 9. The second-order valence-corrected chi connectivity index (χ2v) is 16.4. The fourth-order valence-corrected chi connectivity index (χ4v) is 10.0. The van der Waals surface area contributed by atoms with Gasteiger partial charge in [-0.2, -0.15) is 0 Å². The number of aromatic nitrogens is 4. The summed E-state index contributed by atoms with van der Waals surface area (Å²) in [6.45, 7) is 0. The zero-order valence-corrected chi connectivity index (χ0v) is 34.2. The second kappa shape index (κ2) is 14.1. The van der Waals surface area contributed by atoms with Crippen LogP contribution in [0.2, 0.25) is 0 Å². The molecule has 0 unspecified atom stereocenters. The maximum atomic E-state index is 5.60. The largest absolute Gasteiger partial charge is 0.309 e. The van der Waals surface area contributed by atoms with E-state index in [0.29, 0.717) is 0 Å². The topological polar surface area (TPSA) is 27.7 Å². The third-order valence-electron chi connectivity index (χ3n) is 12.8. The lowest BCUT2D eigenvalue weighted by Crippen LogP contribution is -2.05. The van der Waals surface area contributed by atoms with Gasteiger partial charge in [-0.3, -0.25) is 4.57 Å². The summed E-state index contributed by atoms with van der Waals surface area (Å²) in [4.78, 5) is 5.60. The zero-order valence-electron chi connectivity index (χ0n) is 34.2. The first-order valence-electron chi connectivity index (χ1n) is 21.5. The smallest absolute Gasteiger partial charge is 0.138 e. The second-order valence-electron chi connectivity index (χ2n) is 16.4. The van der Waals surface area contributed by atoms with Gasteiger partial charge in [0.1, 0.15) is 5.82 Å². The van der Waals surface area contributed by atoms with Crippen LogP contribution in [0.4, 0.5) is 0 Å². The summed E-state index contributed by atoms with van der Waals surface area (Å²) in [5, 5.41) is 7.20. The Morgan fingerprint density at radius 3 is 1.29 bits per heavy atom. The number of hydrogen-bond acceptors (Lipinski definition) is 1. The molecule has 0 atom stereocenters. The molecule has 4 heterocycles. The van der Waals surface area contributed by atoms with Crippen molar-refractivity contribution in [2.75, 3.05) is 0 Å². The van der Waals surface area contributed by atoms with Crippen LogP contribution in [0, 0.1) is 0 Å². The molecule has 0 aliphatic carbocycles. The normalized spacial score (nSPS) is 11.8. The Bertz CT molecular complexity index is 3730. The maximum Gasteiger partial charge on any atom is 0.138 e. The van der Waals surface area contributed by atoms with E-state index in [2.05, 4.69) is 244 Å². The molecule has 4 heteroatoms. The molecule has 0 aliphatic rings. The Morgan fingerprint density at radius 2 is 0.730 bits per heavy atom. The number of hydrogen-bond donors (Lipinski definition) is 0. The Morgan fingerprint density at radius 1 is 0.270 bits per heavy atom. The molecule has 13 rings (SSSR count). The van der Waals surface area contributed by atoms with E-state index in [9.17, 15) is 0 Å². The van der Waals surface area contributed by atoms with E-state index in [-0.39, 0.29) is 0 Å². The number of pyridine rings is 1. The molecule has 0 N–H and O–H groups in total. The van der Waals surface area contributed by atoms with Crippen molar-refractivity contribution in [1.29, 1.82) is 0 Å². The third-order valence-corrected chi connectivity index (χ3v) is 12.8. The summed E-state index contributed by atoms with van der Waals surface area (Å²) in [6.07, 6.45) is 0. The third kappa shape index (κ3) is 5.52. The Balaban J connectivity index is 1.24. The average molecular weight is 803 g/mol. The SMILES string of the molecule is c1ccc(-c2cc(-c3ccccc3)nc(-n3c4ccc(-c5ccccc5)cc4c4cc(-n5c6ccccc6c6ccccc65)cc(-n5c6ccccc6c6ccccc65)c43)c2)cc1. The maximum absolute atomic E-state index is 5.60. The van der Waals surface area contributed by atoms with Gasteiger partial charge >= 0.3 is 0 Å². The van der Waals surface area contributed by atoms with Gasteiger partial charge in [0.15, 0.2) is 0 Å². The molecule has 13 aromatic rings. The zero-order chi connectivity index (χ0) is 41.4. The highest BCUT2D eigenvalue weighted by molar-refractivity contribution is 6.17. The van der Waals surface area contributed by atoms with E-state index >= 15 is 0 Å². The van der Waals surface area contributed by atoms with Crippen molar-refractivity contribution in [3.05, 3.63) is 231 Å². The van der Waals surface area contributed by atoms with Crippen LogP contribution in [0.5, 0.6) is 0 Å². The van der Waals surface area contributed by atoms with Gasteiger partial charge in [0.2, 0.25) is 0 Å². The first kappa shape index (κ1) is 35.3. The van der Waals surface area contributed by atoms with Crippen molar-refractivity contribution in [2.45, 2.75) is 0 Å².